The molecule has 1 atom stereocenters. The molecule has 0 saturated carbocycles. The molecule has 0 aliphatic rings. The van der Waals surface area contributed by atoms with Gasteiger partial charge in [-0.1, -0.05) is 13.0 Å². The van der Waals surface area contributed by atoms with E-state index in [4.69, 9.17) is 5.11 Å². The van der Waals surface area contributed by atoms with Crippen LogP contribution in [0.3, 0.4) is 0 Å². The fourth-order valence-electron chi connectivity index (χ4n) is 1.80. The Hall–Kier alpha value is -1.93. The van der Waals surface area contributed by atoms with Gasteiger partial charge < -0.3 is 10.4 Å². The quantitative estimate of drug-likeness (QED) is 0.702. The molecule has 1 rings (SSSR count). The molecule has 1 aromatic rings. The number of aromatic carboxylic acids is 1. The number of carboxylic acid groups (broad SMARTS) is 1. The van der Waals surface area contributed by atoms with Crippen LogP contribution in [0, 0.1) is 0 Å². The Morgan fingerprint density at radius 2 is 1.95 bits per heavy atom. The first kappa shape index (κ1) is 17.1. The Morgan fingerprint density at radius 1 is 1.33 bits per heavy atom. The highest BCUT2D eigenvalue weighted by atomic mass is 32.2. The van der Waals surface area contributed by atoms with Crippen molar-refractivity contribution in [2.45, 2.75) is 31.2 Å². The predicted molar refractivity (Wildman–Crippen MR) is 76.6 cm³/mol. The van der Waals surface area contributed by atoms with Crippen molar-refractivity contribution >= 4 is 21.9 Å². The van der Waals surface area contributed by atoms with Gasteiger partial charge in [-0.2, -0.15) is 4.72 Å². The maximum Gasteiger partial charge on any atom is 0.335 e. The van der Waals surface area contributed by atoms with Crippen LogP contribution in [0.2, 0.25) is 0 Å². The van der Waals surface area contributed by atoms with E-state index in [0.29, 0.717) is 12.0 Å². The Labute approximate surface area is 123 Å². The van der Waals surface area contributed by atoms with Gasteiger partial charge in [0.25, 0.3) is 0 Å². The monoisotopic (exact) mass is 314 g/mol. The molecule has 7 nitrogen and oxygen atoms in total. The summed E-state index contributed by atoms with van der Waals surface area (Å²) in [6.45, 7) is 3.17. The van der Waals surface area contributed by atoms with E-state index < -0.39 is 27.9 Å². The van der Waals surface area contributed by atoms with E-state index in [0.717, 1.165) is 6.07 Å². The first-order valence-corrected chi connectivity index (χ1v) is 7.81. The van der Waals surface area contributed by atoms with E-state index in [2.05, 4.69) is 10.0 Å². The summed E-state index contributed by atoms with van der Waals surface area (Å²) in [7, 11) is -2.59. The second-order valence-electron chi connectivity index (χ2n) is 4.44. The highest BCUT2D eigenvalue weighted by Crippen LogP contribution is 2.19. The van der Waals surface area contributed by atoms with Crippen LogP contribution in [-0.4, -0.2) is 38.5 Å². The van der Waals surface area contributed by atoms with Crippen molar-refractivity contribution < 1.29 is 23.1 Å². The zero-order chi connectivity index (χ0) is 16.2. The third-order valence-electron chi connectivity index (χ3n) is 2.96. The number of rotatable bonds is 6. The van der Waals surface area contributed by atoms with E-state index in [9.17, 15) is 18.0 Å². The van der Waals surface area contributed by atoms with Crippen molar-refractivity contribution in [2.75, 3.05) is 7.05 Å². The number of carbonyl (C=O) groups excluding carboxylic acids is 1. The first-order valence-electron chi connectivity index (χ1n) is 6.33. The average molecular weight is 314 g/mol. The highest BCUT2D eigenvalue weighted by molar-refractivity contribution is 7.89. The Balaban J connectivity index is 3.26. The van der Waals surface area contributed by atoms with Crippen LogP contribution >= 0.6 is 0 Å². The van der Waals surface area contributed by atoms with Crippen LogP contribution in [0.1, 0.15) is 29.8 Å². The van der Waals surface area contributed by atoms with Crippen molar-refractivity contribution in [3.8, 4) is 0 Å². The van der Waals surface area contributed by atoms with Gasteiger partial charge in [0.15, 0.2) is 0 Å². The zero-order valence-corrected chi connectivity index (χ0v) is 12.8. The summed E-state index contributed by atoms with van der Waals surface area (Å²) in [4.78, 5) is 22.3. The number of carbonyl (C=O) groups is 2. The molecule has 0 heterocycles. The van der Waals surface area contributed by atoms with E-state index in [1.165, 1.54) is 26.1 Å². The predicted octanol–water partition coefficient (Wildman–Crippen LogP) is 0.360. The molecule has 0 fully saturated rings. The Bertz CT molecular complexity index is 655. The van der Waals surface area contributed by atoms with Gasteiger partial charge >= 0.3 is 5.97 Å². The zero-order valence-electron chi connectivity index (χ0n) is 12.0. The third-order valence-corrected chi connectivity index (χ3v) is 4.58. The van der Waals surface area contributed by atoms with E-state index in [-0.39, 0.29) is 10.5 Å². The van der Waals surface area contributed by atoms with Gasteiger partial charge in [0.05, 0.1) is 16.5 Å². The number of carboxylic acids is 1. The molecule has 3 N–H and O–H groups in total. The molecule has 0 bridgehead atoms. The Kier molecular flexibility index (Phi) is 5.45. The lowest BCUT2D eigenvalue weighted by atomic mass is 10.1. The molecule has 1 unspecified atom stereocenters. The molecule has 0 saturated heterocycles. The summed E-state index contributed by atoms with van der Waals surface area (Å²) in [6.07, 6.45) is 0.421. The summed E-state index contributed by atoms with van der Waals surface area (Å²) in [6, 6.07) is 2.95. The minimum atomic E-state index is -3.99. The molecule has 0 radical (unpaired) electrons. The summed E-state index contributed by atoms with van der Waals surface area (Å²) >= 11 is 0. The van der Waals surface area contributed by atoms with Crippen molar-refractivity contribution in [3.05, 3.63) is 29.3 Å². The fraction of sp³-hybridized carbons (Fsp3) is 0.385. The van der Waals surface area contributed by atoms with Crippen LogP contribution < -0.4 is 10.0 Å². The summed E-state index contributed by atoms with van der Waals surface area (Å²) in [5.41, 5.74) is 0.358. The van der Waals surface area contributed by atoms with Crippen molar-refractivity contribution in [1.82, 2.24) is 10.0 Å². The van der Waals surface area contributed by atoms with E-state index in [1.54, 1.807) is 6.92 Å². The van der Waals surface area contributed by atoms with Crippen molar-refractivity contribution in [2.24, 2.45) is 0 Å². The highest BCUT2D eigenvalue weighted by Gasteiger charge is 2.24. The number of amides is 1. The number of hydrogen-bond acceptors (Lipinski definition) is 4. The maximum absolute atomic E-state index is 12.3. The molecule has 116 valence electrons. The molecular formula is C13H18N2O5S. The second kappa shape index (κ2) is 6.68. The van der Waals surface area contributed by atoms with Crippen LogP contribution in [-0.2, 0) is 21.2 Å². The fourth-order valence-corrected chi connectivity index (χ4v) is 3.34. The van der Waals surface area contributed by atoms with Gasteiger partial charge in [0.1, 0.15) is 0 Å². The normalized spacial score (nSPS) is 12.7. The molecule has 0 aromatic heterocycles. The molecule has 8 heteroatoms. The van der Waals surface area contributed by atoms with E-state index in [1.807, 2.05) is 0 Å². The lowest BCUT2D eigenvalue weighted by molar-refractivity contribution is -0.121. The topological polar surface area (TPSA) is 113 Å². The molecule has 21 heavy (non-hydrogen) atoms. The number of likely N-dealkylation sites (N-methyl/N-ethyl adjacent to an activating group) is 1. The summed E-state index contributed by atoms with van der Waals surface area (Å²) in [5, 5.41) is 11.3. The van der Waals surface area contributed by atoms with Crippen LogP contribution in [0.25, 0.3) is 0 Å². The van der Waals surface area contributed by atoms with Crippen LogP contribution in [0.4, 0.5) is 0 Å². The summed E-state index contributed by atoms with van der Waals surface area (Å²) < 4.78 is 26.9. The van der Waals surface area contributed by atoms with Crippen LogP contribution in [0.15, 0.2) is 23.1 Å². The summed E-state index contributed by atoms with van der Waals surface area (Å²) in [5.74, 6) is -1.69. The van der Waals surface area contributed by atoms with Crippen LogP contribution in [0.5, 0.6) is 0 Å². The molecule has 0 aliphatic carbocycles. The van der Waals surface area contributed by atoms with Crippen molar-refractivity contribution in [3.63, 3.8) is 0 Å². The first-order chi connectivity index (χ1) is 9.72. The number of sulfonamides is 1. The smallest absolute Gasteiger partial charge is 0.335 e. The maximum atomic E-state index is 12.3. The minimum Gasteiger partial charge on any atom is -0.478 e. The lowest BCUT2D eigenvalue weighted by Gasteiger charge is -2.15. The number of nitrogens with one attached hydrogen (secondary N) is 2. The van der Waals surface area contributed by atoms with Gasteiger partial charge in [-0.25, -0.2) is 13.2 Å². The lowest BCUT2D eigenvalue weighted by Crippen LogP contribution is -2.43. The number of aryl methyl sites for hydroxylation is 1. The molecule has 0 aliphatic heterocycles. The van der Waals surface area contributed by atoms with Gasteiger partial charge in [-0.05, 0) is 31.0 Å². The number of hydrogen-bond donors (Lipinski definition) is 3. The largest absolute Gasteiger partial charge is 0.478 e. The third kappa shape index (κ3) is 4.02. The number of benzene rings is 1. The Morgan fingerprint density at radius 3 is 2.43 bits per heavy atom. The standard InChI is InChI=1S/C13H18N2O5S/c1-4-9-5-6-10(13(17)18)7-11(9)21(19,20)15-8(2)12(16)14-3/h5-8,15H,4H2,1-3H3,(H,14,16)(H,17,18). The molecule has 0 spiro atoms. The van der Waals surface area contributed by atoms with Gasteiger partial charge in [0.2, 0.25) is 15.9 Å². The van der Waals surface area contributed by atoms with Gasteiger partial charge in [0, 0.05) is 7.05 Å². The van der Waals surface area contributed by atoms with Gasteiger partial charge in [-0.3, -0.25) is 4.79 Å². The van der Waals surface area contributed by atoms with Crippen molar-refractivity contribution in [1.29, 1.82) is 0 Å². The van der Waals surface area contributed by atoms with E-state index >= 15 is 0 Å². The molecular weight excluding hydrogens is 296 g/mol. The molecule has 1 aromatic carbocycles. The minimum absolute atomic E-state index is 0.124. The average Bonchev–Trinajstić information content (AvgIpc) is 2.44. The second-order valence-corrected chi connectivity index (χ2v) is 6.12. The SMILES string of the molecule is CCc1ccc(C(=O)O)cc1S(=O)(=O)NC(C)C(=O)NC. The molecule has 1 amide bonds. The van der Waals surface area contributed by atoms with Gasteiger partial charge in [-0.15, -0.1) is 0 Å².